The van der Waals surface area contributed by atoms with E-state index in [-0.39, 0.29) is 46.1 Å². The number of fused-ring (bicyclic) bond motifs is 1. The second-order valence-corrected chi connectivity index (χ2v) is 15.2. The van der Waals surface area contributed by atoms with Crippen LogP contribution in [0.15, 0.2) is 24.5 Å². The lowest BCUT2D eigenvalue weighted by Gasteiger charge is -2.34. The van der Waals surface area contributed by atoms with Crippen molar-refractivity contribution in [3.63, 3.8) is 0 Å². The Bertz CT molecular complexity index is 1780. The zero-order valence-corrected chi connectivity index (χ0v) is 29.6. The van der Waals surface area contributed by atoms with Crippen molar-refractivity contribution in [3.05, 3.63) is 40.0 Å². The molecule has 3 aliphatic rings. The molecule has 0 radical (unpaired) electrons. The topological polar surface area (TPSA) is 148 Å². The second kappa shape index (κ2) is 14.4. The first-order chi connectivity index (χ1) is 23.8. The van der Waals surface area contributed by atoms with Crippen LogP contribution in [0.5, 0.6) is 5.75 Å². The monoisotopic (exact) mass is 714 g/mol. The molecule has 3 aromatic rings. The molecule has 2 fully saturated rings. The Hall–Kier alpha value is -4.47. The Morgan fingerprint density at radius 3 is 2.56 bits per heavy atom. The highest BCUT2D eigenvalue weighted by Crippen LogP contribution is 2.37. The summed E-state index contributed by atoms with van der Waals surface area (Å²) >= 11 is 0.740. The van der Waals surface area contributed by atoms with Crippen LogP contribution in [0.3, 0.4) is 0 Å². The van der Waals surface area contributed by atoms with Crippen molar-refractivity contribution in [1.29, 1.82) is 0 Å². The van der Waals surface area contributed by atoms with Gasteiger partial charge in [0.25, 0.3) is 12.3 Å². The molecule has 270 valence electrons. The Kier molecular flexibility index (Phi) is 10.2. The molecule has 3 aromatic heterocycles. The number of carbonyl (C=O) groups is 3. The van der Waals surface area contributed by atoms with Gasteiger partial charge in [-0.25, -0.2) is 23.1 Å². The first-order valence-electron chi connectivity index (χ1n) is 16.9. The van der Waals surface area contributed by atoms with Crippen molar-refractivity contribution in [3.8, 4) is 5.75 Å². The number of rotatable bonds is 8. The van der Waals surface area contributed by atoms with E-state index in [0.29, 0.717) is 69.9 Å². The highest BCUT2D eigenvalue weighted by atomic mass is 32.1. The Morgan fingerprint density at radius 2 is 1.88 bits per heavy atom. The van der Waals surface area contributed by atoms with Crippen molar-refractivity contribution in [1.82, 2.24) is 29.7 Å². The van der Waals surface area contributed by atoms with Gasteiger partial charge in [-0.05, 0) is 64.0 Å². The summed E-state index contributed by atoms with van der Waals surface area (Å²) in [5.74, 6) is 0.0682. The van der Waals surface area contributed by atoms with Crippen LogP contribution in [0.4, 0.5) is 25.1 Å². The van der Waals surface area contributed by atoms with E-state index in [9.17, 15) is 23.2 Å². The summed E-state index contributed by atoms with van der Waals surface area (Å²) in [7, 11) is 0. The summed E-state index contributed by atoms with van der Waals surface area (Å²) in [6.07, 6.45) is 3.11. The third kappa shape index (κ3) is 7.79. The molecule has 3 N–H and O–H groups in total. The van der Waals surface area contributed by atoms with Crippen molar-refractivity contribution in [2.45, 2.75) is 71.4 Å². The maximum atomic E-state index is 13.8. The van der Waals surface area contributed by atoms with Gasteiger partial charge in [0, 0.05) is 58.3 Å². The van der Waals surface area contributed by atoms with Gasteiger partial charge in [-0.15, -0.1) is 11.3 Å². The maximum absolute atomic E-state index is 13.8. The van der Waals surface area contributed by atoms with Gasteiger partial charge in [-0.3, -0.25) is 9.59 Å². The van der Waals surface area contributed by atoms with Gasteiger partial charge in [0.15, 0.2) is 5.82 Å². The van der Waals surface area contributed by atoms with E-state index in [4.69, 9.17) is 15.2 Å². The molecule has 2 saturated heterocycles. The lowest BCUT2D eigenvalue weighted by atomic mass is 9.98. The van der Waals surface area contributed by atoms with Gasteiger partial charge in [0.2, 0.25) is 5.91 Å². The standard InChI is InChI=1S/C34H44F2N8O5S/c1-20(45)42-13-9-22(16-42)24-14-25(28-31(37)38-19-39-44(24)28)43-10-5-6-23(17-43)40-32(46)29-26(15-27(50-29)30(35)36)48-18-21-7-11-41(12-8-21)33(47)49-34(2,3)4/h9,14-15,19,21,23,30H,5-8,10-13,16-18H2,1-4H3,(H,40,46)(H2,37,38,39)/t23-/m1/s1. The number of hydrogen-bond acceptors (Lipinski definition) is 10. The van der Waals surface area contributed by atoms with E-state index in [0.717, 1.165) is 34.7 Å². The molecule has 0 saturated carbocycles. The molecule has 6 heterocycles. The predicted molar refractivity (Wildman–Crippen MR) is 186 cm³/mol. The Morgan fingerprint density at radius 1 is 1.12 bits per heavy atom. The molecule has 0 bridgehead atoms. The quantitative estimate of drug-likeness (QED) is 0.330. The minimum atomic E-state index is -2.74. The fourth-order valence-corrected chi connectivity index (χ4v) is 7.51. The smallest absolute Gasteiger partial charge is 0.410 e. The van der Waals surface area contributed by atoms with E-state index in [1.807, 2.05) is 32.9 Å². The van der Waals surface area contributed by atoms with Crippen molar-refractivity contribution in [2.75, 3.05) is 56.5 Å². The number of anilines is 2. The summed E-state index contributed by atoms with van der Waals surface area (Å²) in [6.45, 7) is 10.4. The molecular weight excluding hydrogens is 670 g/mol. The van der Waals surface area contributed by atoms with Crippen LogP contribution in [-0.2, 0) is 9.53 Å². The largest absolute Gasteiger partial charge is 0.492 e. The molecule has 13 nitrogen and oxygen atoms in total. The first-order valence-corrected chi connectivity index (χ1v) is 17.7. The molecule has 6 rings (SSSR count). The summed E-state index contributed by atoms with van der Waals surface area (Å²) in [6, 6.07) is 2.98. The number of nitrogens with zero attached hydrogens (tertiary/aromatic N) is 6. The molecular formula is C34H44F2N8O5S. The molecule has 0 aliphatic carbocycles. The third-order valence-corrected chi connectivity index (χ3v) is 10.4. The van der Waals surface area contributed by atoms with E-state index in [1.165, 1.54) is 12.4 Å². The van der Waals surface area contributed by atoms with Crippen LogP contribution in [0.2, 0.25) is 0 Å². The van der Waals surface area contributed by atoms with Gasteiger partial charge in [-0.2, -0.15) is 5.10 Å². The van der Waals surface area contributed by atoms with Crippen LogP contribution >= 0.6 is 11.3 Å². The highest BCUT2D eigenvalue weighted by Gasteiger charge is 2.31. The molecule has 0 unspecified atom stereocenters. The summed E-state index contributed by atoms with van der Waals surface area (Å²) in [5.41, 5.74) is 9.01. The van der Waals surface area contributed by atoms with E-state index in [1.54, 1.807) is 21.2 Å². The lowest BCUT2D eigenvalue weighted by Crippen LogP contribution is -2.47. The van der Waals surface area contributed by atoms with E-state index in [2.05, 4.69) is 20.3 Å². The van der Waals surface area contributed by atoms with Gasteiger partial charge >= 0.3 is 6.09 Å². The number of aromatic nitrogens is 3. The fourth-order valence-electron chi connectivity index (χ4n) is 6.65. The van der Waals surface area contributed by atoms with Gasteiger partial charge in [0.1, 0.15) is 28.1 Å². The third-order valence-electron chi connectivity index (χ3n) is 9.23. The number of halogens is 2. The number of ether oxygens (including phenoxy) is 2. The Labute approximate surface area is 293 Å². The summed E-state index contributed by atoms with van der Waals surface area (Å²) in [5, 5.41) is 7.54. The molecule has 16 heteroatoms. The molecule has 0 aromatic carbocycles. The zero-order chi connectivity index (χ0) is 35.7. The van der Waals surface area contributed by atoms with Gasteiger partial charge < -0.3 is 35.2 Å². The second-order valence-electron chi connectivity index (χ2n) is 14.1. The van der Waals surface area contributed by atoms with Crippen LogP contribution < -0.4 is 20.7 Å². The number of likely N-dealkylation sites (tertiary alicyclic amines) is 1. The minimum absolute atomic E-state index is 0.0123. The number of carbonyl (C=O) groups excluding carboxylic acids is 3. The van der Waals surface area contributed by atoms with E-state index < -0.39 is 17.9 Å². The van der Waals surface area contributed by atoms with Crippen LogP contribution in [0.25, 0.3) is 11.1 Å². The number of nitrogens with one attached hydrogen (secondary N) is 1. The first kappa shape index (κ1) is 35.4. The molecule has 0 spiro atoms. The van der Waals surface area contributed by atoms with Crippen LogP contribution in [0.1, 0.15) is 80.0 Å². The van der Waals surface area contributed by atoms with Crippen molar-refractivity contribution < 1.29 is 32.6 Å². The van der Waals surface area contributed by atoms with Crippen molar-refractivity contribution >= 4 is 51.8 Å². The average molecular weight is 715 g/mol. The normalized spacial score (nSPS) is 18.9. The van der Waals surface area contributed by atoms with E-state index >= 15 is 0 Å². The van der Waals surface area contributed by atoms with Crippen LogP contribution in [-0.4, -0.2) is 99.8 Å². The number of piperidine rings is 2. The predicted octanol–water partition coefficient (Wildman–Crippen LogP) is 4.98. The number of thiophene rings is 1. The van der Waals surface area contributed by atoms with Gasteiger partial charge in [0.05, 0.1) is 22.9 Å². The maximum Gasteiger partial charge on any atom is 0.410 e. The molecule has 3 aliphatic heterocycles. The highest BCUT2D eigenvalue weighted by molar-refractivity contribution is 7.14. The summed E-state index contributed by atoms with van der Waals surface area (Å²) < 4.78 is 40.9. The lowest BCUT2D eigenvalue weighted by molar-refractivity contribution is -0.127. The Balaban J connectivity index is 1.12. The summed E-state index contributed by atoms with van der Waals surface area (Å²) in [4.78, 5) is 47.7. The van der Waals surface area contributed by atoms with Crippen LogP contribution in [0, 0.1) is 5.92 Å². The zero-order valence-electron chi connectivity index (χ0n) is 28.8. The molecule has 3 amide bonds. The number of alkyl halides is 2. The minimum Gasteiger partial charge on any atom is -0.492 e. The molecule has 1 atom stereocenters. The van der Waals surface area contributed by atoms with Crippen molar-refractivity contribution in [2.24, 2.45) is 5.92 Å². The number of hydrogen-bond donors (Lipinski definition) is 2. The SMILES string of the molecule is CC(=O)N1CC=C(c2cc(N3CCC[C@@H](NC(=O)c4sc(C(F)F)cc4OCC4CCN(C(=O)OC(C)(C)C)CC4)C3)c3c(N)ncnn23)C1. The fraction of sp³-hybridized carbons (Fsp3) is 0.559. The number of amides is 3. The van der Waals surface area contributed by atoms with Gasteiger partial charge in [-0.1, -0.05) is 6.08 Å². The number of nitrogens with two attached hydrogens (primary N) is 1. The molecule has 50 heavy (non-hydrogen) atoms. The number of nitrogen functional groups attached to an aromatic ring is 1. The average Bonchev–Trinajstić information content (AvgIpc) is 3.81.